The Kier molecular flexibility index (Phi) is 3.00. The van der Waals surface area contributed by atoms with E-state index in [-0.39, 0.29) is 5.78 Å². The van der Waals surface area contributed by atoms with Crippen LogP contribution in [0, 0.1) is 5.41 Å². The fourth-order valence-electron chi connectivity index (χ4n) is 2.04. The molecule has 1 aliphatic rings. The normalized spacial score (nSPS) is 24.4. The molecule has 0 saturated carbocycles. The molecule has 0 spiro atoms. The first-order chi connectivity index (χ1) is 7.74. The Morgan fingerprint density at radius 3 is 2.56 bits per heavy atom. The molecule has 0 N–H and O–H groups in total. The summed E-state index contributed by atoms with van der Waals surface area (Å²) in [6.07, 6.45) is 6.06. The highest BCUT2D eigenvalue weighted by atomic mass is 16.1. The van der Waals surface area contributed by atoms with Gasteiger partial charge in [0, 0.05) is 11.8 Å². The minimum Gasteiger partial charge on any atom is -0.302 e. The molecule has 82 valence electrons. The van der Waals surface area contributed by atoms with E-state index in [0.29, 0.717) is 19.3 Å². The molecule has 1 atom stereocenters. The summed E-state index contributed by atoms with van der Waals surface area (Å²) in [4.78, 5) is 22.3. The highest BCUT2D eigenvalue weighted by Crippen LogP contribution is 2.31. The second-order valence-corrected chi connectivity index (χ2v) is 4.31. The highest BCUT2D eigenvalue weighted by Gasteiger charge is 2.30. The van der Waals surface area contributed by atoms with Gasteiger partial charge in [-0.25, -0.2) is 0 Å². The molecule has 0 heterocycles. The molecule has 1 aromatic carbocycles. The predicted octanol–water partition coefficient (Wildman–Crippen LogP) is 2.33. The standard InChI is InChI=1S/C14H14O2/c15-11-14(8-6-13(16)7-9-14)10-12-4-2-1-3-5-12/h1-6,8,11H,7,9-10H2/t14-/m1/s1. The molecule has 1 aromatic rings. The first kappa shape index (κ1) is 10.8. The minimum atomic E-state index is -0.477. The maximum Gasteiger partial charge on any atom is 0.155 e. The predicted molar refractivity (Wildman–Crippen MR) is 62.0 cm³/mol. The molecule has 0 aliphatic heterocycles. The van der Waals surface area contributed by atoms with Gasteiger partial charge in [0.1, 0.15) is 6.29 Å². The first-order valence-corrected chi connectivity index (χ1v) is 5.46. The maximum absolute atomic E-state index is 11.2. The van der Waals surface area contributed by atoms with Crippen LogP contribution in [0.3, 0.4) is 0 Å². The number of hydrogen-bond donors (Lipinski definition) is 0. The van der Waals surface area contributed by atoms with Crippen molar-refractivity contribution in [1.29, 1.82) is 0 Å². The average Bonchev–Trinajstić information content (AvgIpc) is 2.34. The van der Waals surface area contributed by atoms with E-state index in [9.17, 15) is 9.59 Å². The molecule has 1 aliphatic carbocycles. The summed E-state index contributed by atoms with van der Waals surface area (Å²) in [5.41, 5.74) is 0.656. The fourth-order valence-corrected chi connectivity index (χ4v) is 2.04. The van der Waals surface area contributed by atoms with Gasteiger partial charge in [-0.15, -0.1) is 0 Å². The molecule has 0 fully saturated rings. The molecule has 2 nitrogen and oxygen atoms in total. The Morgan fingerprint density at radius 2 is 2.00 bits per heavy atom. The van der Waals surface area contributed by atoms with Crippen LogP contribution in [-0.4, -0.2) is 12.1 Å². The van der Waals surface area contributed by atoms with Crippen molar-refractivity contribution in [3.8, 4) is 0 Å². The van der Waals surface area contributed by atoms with Crippen LogP contribution < -0.4 is 0 Å². The summed E-state index contributed by atoms with van der Waals surface area (Å²) < 4.78 is 0. The number of aldehydes is 1. The molecular weight excluding hydrogens is 200 g/mol. The second-order valence-electron chi connectivity index (χ2n) is 4.31. The molecule has 0 bridgehead atoms. The number of carbonyl (C=O) groups is 2. The summed E-state index contributed by atoms with van der Waals surface area (Å²) in [7, 11) is 0. The number of ketones is 1. The summed E-state index contributed by atoms with van der Waals surface area (Å²) in [5.74, 6) is 0.116. The summed E-state index contributed by atoms with van der Waals surface area (Å²) in [6.45, 7) is 0. The van der Waals surface area contributed by atoms with Crippen molar-refractivity contribution in [3.05, 3.63) is 48.0 Å². The lowest BCUT2D eigenvalue weighted by Gasteiger charge is -2.26. The number of hydrogen-bond acceptors (Lipinski definition) is 2. The van der Waals surface area contributed by atoms with Crippen molar-refractivity contribution < 1.29 is 9.59 Å². The average molecular weight is 214 g/mol. The SMILES string of the molecule is O=C[C@]1(Cc2ccccc2)C=CC(=O)CC1. The van der Waals surface area contributed by atoms with Crippen LogP contribution in [0.2, 0.25) is 0 Å². The van der Waals surface area contributed by atoms with Gasteiger partial charge in [-0.3, -0.25) is 4.79 Å². The van der Waals surface area contributed by atoms with E-state index >= 15 is 0 Å². The fraction of sp³-hybridized carbons (Fsp3) is 0.286. The smallest absolute Gasteiger partial charge is 0.155 e. The Hall–Kier alpha value is -1.70. The monoisotopic (exact) mass is 214 g/mol. The quantitative estimate of drug-likeness (QED) is 0.724. The van der Waals surface area contributed by atoms with Crippen molar-refractivity contribution >= 4 is 12.1 Å². The van der Waals surface area contributed by atoms with Gasteiger partial charge in [0.25, 0.3) is 0 Å². The summed E-state index contributed by atoms with van der Waals surface area (Å²) >= 11 is 0. The van der Waals surface area contributed by atoms with Crippen LogP contribution in [0.5, 0.6) is 0 Å². The molecule has 0 radical (unpaired) electrons. The zero-order valence-corrected chi connectivity index (χ0v) is 9.06. The molecular formula is C14H14O2. The molecule has 2 heteroatoms. The van der Waals surface area contributed by atoms with Crippen LogP contribution in [0.1, 0.15) is 18.4 Å². The van der Waals surface area contributed by atoms with Gasteiger partial charge in [0.2, 0.25) is 0 Å². The van der Waals surface area contributed by atoms with Crippen LogP contribution in [0.15, 0.2) is 42.5 Å². The Morgan fingerprint density at radius 1 is 1.25 bits per heavy atom. The summed E-state index contributed by atoms with van der Waals surface area (Å²) in [6, 6.07) is 9.90. The van der Waals surface area contributed by atoms with Gasteiger partial charge in [-0.1, -0.05) is 36.4 Å². The minimum absolute atomic E-state index is 0.116. The topological polar surface area (TPSA) is 34.1 Å². The van der Waals surface area contributed by atoms with E-state index in [2.05, 4.69) is 0 Å². The molecule has 0 amide bonds. The van der Waals surface area contributed by atoms with Crippen molar-refractivity contribution in [2.45, 2.75) is 19.3 Å². The lowest BCUT2D eigenvalue weighted by Crippen LogP contribution is -2.27. The van der Waals surface area contributed by atoms with Crippen LogP contribution in [0.25, 0.3) is 0 Å². The Bertz CT molecular complexity index is 420. The van der Waals surface area contributed by atoms with Gasteiger partial charge in [0.15, 0.2) is 5.78 Å². The first-order valence-electron chi connectivity index (χ1n) is 5.46. The van der Waals surface area contributed by atoms with E-state index in [1.165, 1.54) is 0 Å². The second kappa shape index (κ2) is 4.44. The molecule has 2 rings (SSSR count). The van der Waals surface area contributed by atoms with Gasteiger partial charge in [-0.05, 0) is 24.5 Å². The van der Waals surface area contributed by atoms with E-state index in [0.717, 1.165) is 11.8 Å². The van der Waals surface area contributed by atoms with Gasteiger partial charge < -0.3 is 4.79 Å². The van der Waals surface area contributed by atoms with Crippen molar-refractivity contribution in [2.75, 3.05) is 0 Å². The largest absolute Gasteiger partial charge is 0.302 e. The number of benzene rings is 1. The van der Waals surface area contributed by atoms with Crippen LogP contribution >= 0.6 is 0 Å². The molecule has 16 heavy (non-hydrogen) atoms. The van der Waals surface area contributed by atoms with Gasteiger partial charge >= 0.3 is 0 Å². The van der Waals surface area contributed by atoms with E-state index in [1.54, 1.807) is 12.2 Å². The number of rotatable bonds is 3. The zero-order chi connectivity index (χ0) is 11.4. The Balaban J connectivity index is 2.21. The van der Waals surface area contributed by atoms with Crippen LogP contribution in [0.4, 0.5) is 0 Å². The van der Waals surface area contributed by atoms with E-state index in [4.69, 9.17) is 0 Å². The molecule has 0 aromatic heterocycles. The van der Waals surface area contributed by atoms with Crippen molar-refractivity contribution in [3.63, 3.8) is 0 Å². The zero-order valence-electron chi connectivity index (χ0n) is 9.06. The number of carbonyl (C=O) groups excluding carboxylic acids is 2. The molecule has 0 unspecified atom stereocenters. The van der Waals surface area contributed by atoms with Crippen molar-refractivity contribution in [2.24, 2.45) is 5.41 Å². The molecule has 0 saturated heterocycles. The van der Waals surface area contributed by atoms with Crippen LogP contribution in [-0.2, 0) is 16.0 Å². The third-order valence-electron chi connectivity index (χ3n) is 3.05. The third kappa shape index (κ3) is 2.27. The Labute approximate surface area is 95.0 Å². The number of allylic oxidation sites excluding steroid dienone is 2. The van der Waals surface area contributed by atoms with Gasteiger partial charge in [0.05, 0.1) is 0 Å². The lowest BCUT2D eigenvalue weighted by atomic mass is 9.75. The summed E-state index contributed by atoms with van der Waals surface area (Å²) in [5, 5.41) is 0. The van der Waals surface area contributed by atoms with Crippen molar-refractivity contribution in [1.82, 2.24) is 0 Å². The van der Waals surface area contributed by atoms with E-state index < -0.39 is 5.41 Å². The maximum atomic E-state index is 11.2. The van der Waals surface area contributed by atoms with Gasteiger partial charge in [-0.2, -0.15) is 0 Å². The highest BCUT2D eigenvalue weighted by molar-refractivity contribution is 5.92. The third-order valence-corrected chi connectivity index (χ3v) is 3.05. The lowest BCUT2D eigenvalue weighted by molar-refractivity contribution is -0.118. The van der Waals surface area contributed by atoms with E-state index in [1.807, 2.05) is 30.3 Å².